The number of aromatic nitrogens is 2. The number of halogens is 1. The summed E-state index contributed by atoms with van der Waals surface area (Å²) in [5, 5.41) is 1.72. The maximum absolute atomic E-state index is 6.14. The lowest BCUT2D eigenvalue weighted by atomic mass is 9.89. The number of fused-ring (bicyclic) bond motifs is 3. The first kappa shape index (κ1) is 9.55. The van der Waals surface area contributed by atoms with Gasteiger partial charge in [-0.05, 0) is 30.7 Å². The molecular weight excluding hydrogens is 228 g/mol. The van der Waals surface area contributed by atoms with Crippen LogP contribution in [-0.4, -0.2) is 9.97 Å². The summed E-state index contributed by atoms with van der Waals surface area (Å²) in [6.45, 7) is 2.30. The first-order chi connectivity index (χ1) is 7.25. The molecule has 2 aromatic rings. The predicted molar refractivity (Wildman–Crippen MR) is 63.6 cm³/mol. The molecular formula is C11H11ClN2S. The summed E-state index contributed by atoms with van der Waals surface area (Å²) in [4.78, 5) is 10.9. The number of aryl methyl sites for hydroxylation is 1. The second kappa shape index (κ2) is 3.42. The maximum Gasteiger partial charge on any atom is 0.141 e. The van der Waals surface area contributed by atoms with E-state index in [4.69, 9.17) is 11.6 Å². The largest absolute Gasteiger partial charge is 0.225 e. The van der Waals surface area contributed by atoms with Crippen molar-refractivity contribution in [2.24, 2.45) is 5.92 Å². The van der Waals surface area contributed by atoms with E-state index in [-0.39, 0.29) is 0 Å². The highest BCUT2D eigenvalue weighted by molar-refractivity contribution is 7.19. The SMILES string of the molecule is C[C@@H]1CCc2sc3ncnc(Cl)c3c2C1. The van der Waals surface area contributed by atoms with Crippen LogP contribution >= 0.6 is 22.9 Å². The van der Waals surface area contributed by atoms with Gasteiger partial charge in [0.1, 0.15) is 16.3 Å². The molecule has 0 fully saturated rings. The molecule has 15 heavy (non-hydrogen) atoms. The van der Waals surface area contributed by atoms with Crippen LogP contribution in [0.15, 0.2) is 6.33 Å². The molecule has 0 amide bonds. The van der Waals surface area contributed by atoms with Gasteiger partial charge in [0.2, 0.25) is 0 Å². The molecule has 4 heteroatoms. The number of thiophene rings is 1. The van der Waals surface area contributed by atoms with Crippen molar-refractivity contribution in [3.63, 3.8) is 0 Å². The van der Waals surface area contributed by atoms with Crippen LogP contribution in [0.4, 0.5) is 0 Å². The average molecular weight is 239 g/mol. The Labute approximate surface area is 97.3 Å². The summed E-state index contributed by atoms with van der Waals surface area (Å²) in [6.07, 6.45) is 5.14. The molecule has 0 saturated heterocycles. The standard InChI is InChI=1S/C11H11ClN2S/c1-6-2-3-8-7(4-6)9-10(12)13-5-14-11(9)15-8/h5-6H,2-4H2,1H3/t6-/m1/s1. The van der Waals surface area contributed by atoms with Crippen LogP contribution in [0.1, 0.15) is 23.8 Å². The van der Waals surface area contributed by atoms with E-state index in [1.165, 1.54) is 23.3 Å². The van der Waals surface area contributed by atoms with E-state index < -0.39 is 0 Å². The summed E-state index contributed by atoms with van der Waals surface area (Å²) in [5.41, 5.74) is 1.40. The van der Waals surface area contributed by atoms with Gasteiger partial charge >= 0.3 is 0 Å². The molecule has 1 aliphatic carbocycles. The Balaban J connectivity index is 2.30. The van der Waals surface area contributed by atoms with E-state index in [1.54, 1.807) is 17.7 Å². The fraction of sp³-hybridized carbons (Fsp3) is 0.455. The molecule has 78 valence electrons. The zero-order chi connectivity index (χ0) is 10.4. The van der Waals surface area contributed by atoms with E-state index in [1.807, 2.05) is 0 Å². The zero-order valence-corrected chi connectivity index (χ0v) is 10.0. The molecule has 0 spiro atoms. The highest BCUT2D eigenvalue weighted by Crippen LogP contribution is 2.39. The molecule has 0 radical (unpaired) electrons. The number of hydrogen-bond donors (Lipinski definition) is 0. The second-order valence-electron chi connectivity index (χ2n) is 4.20. The Morgan fingerprint density at radius 3 is 3.20 bits per heavy atom. The van der Waals surface area contributed by atoms with Crippen molar-refractivity contribution in [3.8, 4) is 0 Å². The lowest BCUT2D eigenvalue weighted by molar-refractivity contribution is 0.508. The zero-order valence-electron chi connectivity index (χ0n) is 8.46. The Morgan fingerprint density at radius 1 is 1.47 bits per heavy atom. The van der Waals surface area contributed by atoms with Crippen LogP contribution < -0.4 is 0 Å². The molecule has 1 aliphatic rings. The molecule has 0 unspecified atom stereocenters. The predicted octanol–water partition coefficient (Wildman–Crippen LogP) is 3.47. The highest BCUT2D eigenvalue weighted by Gasteiger charge is 2.22. The van der Waals surface area contributed by atoms with Crippen molar-refractivity contribution in [2.75, 3.05) is 0 Å². The normalized spacial score (nSPS) is 20.5. The van der Waals surface area contributed by atoms with Crippen molar-refractivity contribution >= 4 is 33.2 Å². The van der Waals surface area contributed by atoms with Gasteiger partial charge in [0.05, 0.1) is 5.39 Å². The number of nitrogens with zero attached hydrogens (tertiary/aromatic N) is 2. The van der Waals surface area contributed by atoms with Gasteiger partial charge in [-0.2, -0.15) is 0 Å². The minimum Gasteiger partial charge on any atom is -0.225 e. The molecule has 1 atom stereocenters. The summed E-state index contributed by atoms with van der Waals surface area (Å²) >= 11 is 7.92. The Morgan fingerprint density at radius 2 is 2.33 bits per heavy atom. The van der Waals surface area contributed by atoms with Crippen molar-refractivity contribution in [3.05, 3.63) is 21.9 Å². The number of hydrogen-bond acceptors (Lipinski definition) is 3. The van der Waals surface area contributed by atoms with E-state index >= 15 is 0 Å². The van der Waals surface area contributed by atoms with Gasteiger partial charge in [-0.3, -0.25) is 0 Å². The van der Waals surface area contributed by atoms with Gasteiger partial charge in [-0.1, -0.05) is 18.5 Å². The molecule has 0 aromatic carbocycles. The summed E-state index contributed by atoms with van der Waals surface area (Å²) in [7, 11) is 0. The van der Waals surface area contributed by atoms with Gasteiger partial charge in [0.25, 0.3) is 0 Å². The molecule has 2 aromatic heterocycles. The van der Waals surface area contributed by atoms with E-state index in [0.717, 1.165) is 22.6 Å². The van der Waals surface area contributed by atoms with Crippen LogP contribution in [0.2, 0.25) is 5.15 Å². The molecule has 0 saturated carbocycles. The van der Waals surface area contributed by atoms with Gasteiger partial charge in [-0.15, -0.1) is 11.3 Å². The maximum atomic E-state index is 6.14. The average Bonchev–Trinajstić information content (AvgIpc) is 2.57. The number of rotatable bonds is 0. The Hall–Kier alpha value is -0.670. The van der Waals surface area contributed by atoms with Crippen molar-refractivity contribution in [1.82, 2.24) is 9.97 Å². The third-order valence-electron chi connectivity index (χ3n) is 3.04. The highest BCUT2D eigenvalue weighted by atomic mass is 35.5. The second-order valence-corrected chi connectivity index (χ2v) is 5.64. The lowest BCUT2D eigenvalue weighted by Crippen LogP contribution is -2.08. The minimum absolute atomic E-state index is 0.617. The Bertz CT molecular complexity index is 521. The van der Waals surface area contributed by atoms with Gasteiger partial charge in [-0.25, -0.2) is 9.97 Å². The topological polar surface area (TPSA) is 25.8 Å². The summed E-state index contributed by atoms with van der Waals surface area (Å²) < 4.78 is 0. The molecule has 0 bridgehead atoms. The van der Waals surface area contributed by atoms with Crippen LogP contribution in [-0.2, 0) is 12.8 Å². The third kappa shape index (κ3) is 1.45. The van der Waals surface area contributed by atoms with E-state index in [0.29, 0.717) is 5.15 Å². The molecule has 2 heterocycles. The van der Waals surface area contributed by atoms with Crippen LogP contribution in [0.5, 0.6) is 0 Å². The van der Waals surface area contributed by atoms with Gasteiger partial charge in [0, 0.05) is 4.88 Å². The lowest BCUT2D eigenvalue weighted by Gasteiger charge is -2.17. The van der Waals surface area contributed by atoms with Crippen LogP contribution in [0.3, 0.4) is 0 Å². The fourth-order valence-corrected chi connectivity index (χ4v) is 3.73. The van der Waals surface area contributed by atoms with Crippen molar-refractivity contribution < 1.29 is 0 Å². The monoisotopic (exact) mass is 238 g/mol. The molecule has 3 rings (SSSR count). The minimum atomic E-state index is 0.617. The smallest absolute Gasteiger partial charge is 0.141 e. The molecule has 2 nitrogen and oxygen atoms in total. The van der Waals surface area contributed by atoms with Crippen LogP contribution in [0.25, 0.3) is 10.2 Å². The van der Waals surface area contributed by atoms with Gasteiger partial charge in [0.15, 0.2) is 0 Å². The summed E-state index contributed by atoms with van der Waals surface area (Å²) in [5.74, 6) is 0.756. The van der Waals surface area contributed by atoms with Gasteiger partial charge < -0.3 is 0 Å². The quantitative estimate of drug-likeness (QED) is 0.657. The third-order valence-corrected chi connectivity index (χ3v) is 4.53. The van der Waals surface area contributed by atoms with Crippen LogP contribution in [0, 0.1) is 5.92 Å². The first-order valence-electron chi connectivity index (χ1n) is 5.16. The Kier molecular flexibility index (Phi) is 2.18. The van der Waals surface area contributed by atoms with E-state index in [2.05, 4.69) is 16.9 Å². The van der Waals surface area contributed by atoms with Crippen molar-refractivity contribution in [1.29, 1.82) is 0 Å². The van der Waals surface area contributed by atoms with E-state index in [9.17, 15) is 0 Å². The molecule has 0 N–H and O–H groups in total. The summed E-state index contributed by atoms with van der Waals surface area (Å²) in [6, 6.07) is 0. The van der Waals surface area contributed by atoms with Crippen molar-refractivity contribution in [2.45, 2.75) is 26.2 Å². The molecule has 0 aliphatic heterocycles. The first-order valence-corrected chi connectivity index (χ1v) is 6.36. The fourth-order valence-electron chi connectivity index (χ4n) is 2.24.